The first-order valence-electron chi connectivity index (χ1n) is 11.0. The largest absolute Gasteiger partial charge is 0.481 e. The van der Waals surface area contributed by atoms with Crippen LogP contribution in [0.1, 0.15) is 98.3 Å². The molecule has 3 atom stereocenters. The molecule has 0 heterocycles. The zero-order valence-corrected chi connectivity index (χ0v) is 18.8. The Labute approximate surface area is 179 Å². The highest BCUT2D eigenvalue weighted by Gasteiger charge is 2.30. The molecule has 0 radical (unpaired) electrons. The zero-order chi connectivity index (χ0) is 22.9. The van der Waals surface area contributed by atoms with Gasteiger partial charge in [-0.05, 0) is 32.6 Å². The maximum Gasteiger partial charge on any atom is 0.315 e. The molecule has 0 bridgehead atoms. The third-order valence-electron chi connectivity index (χ3n) is 4.58. The highest BCUT2D eigenvalue weighted by atomic mass is 16.7. The summed E-state index contributed by atoms with van der Waals surface area (Å²) in [6.07, 6.45) is 4.65. The lowest BCUT2D eigenvalue weighted by Gasteiger charge is -2.24. The van der Waals surface area contributed by atoms with Crippen LogP contribution in [0.4, 0.5) is 0 Å². The Kier molecular flexibility index (Phi) is 15.5. The van der Waals surface area contributed by atoms with E-state index in [1.165, 1.54) is 6.92 Å². The van der Waals surface area contributed by atoms with Crippen LogP contribution in [0.15, 0.2) is 0 Å². The van der Waals surface area contributed by atoms with Gasteiger partial charge in [0.15, 0.2) is 0 Å². The molecule has 0 aromatic rings. The third-order valence-corrected chi connectivity index (χ3v) is 4.58. The number of carboxylic acids is 1. The molecule has 8 nitrogen and oxygen atoms in total. The number of unbranched alkanes of at least 4 members (excludes halogenated alkanes) is 4. The van der Waals surface area contributed by atoms with Gasteiger partial charge in [-0.2, -0.15) is 0 Å². The van der Waals surface area contributed by atoms with Gasteiger partial charge in [-0.3, -0.25) is 19.2 Å². The lowest BCUT2D eigenvalue weighted by atomic mass is 9.95. The van der Waals surface area contributed by atoms with Crippen LogP contribution in [0.3, 0.4) is 0 Å². The first kappa shape index (κ1) is 27.9. The molecule has 0 aliphatic heterocycles. The van der Waals surface area contributed by atoms with Crippen LogP contribution in [-0.2, 0) is 33.4 Å². The van der Waals surface area contributed by atoms with Crippen molar-refractivity contribution < 1.29 is 38.5 Å². The lowest BCUT2D eigenvalue weighted by molar-refractivity contribution is -0.190. The zero-order valence-electron chi connectivity index (χ0n) is 18.8. The van der Waals surface area contributed by atoms with Gasteiger partial charge in [0.25, 0.3) is 0 Å². The van der Waals surface area contributed by atoms with Gasteiger partial charge in [-0.15, -0.1) is 0 Å². The van der Waals surface area contributed by atoms with Crippen molar-refractivity contribution in [2.75, 3.05) is 0 Å². The van der Waals surface area contributed by atoms with E-state index in [1.54, 1.807) is 6.92 Å². The second kappa shape index (κ2) is 16.7. The van der Waals surface area contributed by atoms with Crippen molar-refractivity contribution in [1.82, 2.24) is 0 Å². The molecule has 0 aromatic carbocycles. The van der Waals surface area contributed by atoms with E-state index in [0.717, 1.165) is 19.3 Å². The van der Waals surface area contributed by atoms with Gasteiger partial charge in [0.2, 0.25) is 6.29 Å². The van der Waals surface area contributed by atoms with E-state index in [4.69, 9.17) is 19.3 Å². The normalized spacial score (nSPS) is 13.7. The van der Waals surface area contributed by atoms with Gasteiger partial charge < -0.3 is 19.3 Å². The first-order chi connectivity index (χ1) is 14.2. The number of carbonyl (C=O) groups excluding carboxylic acids is 3. The lowest BCUT2D eigenvalue weighted by Crippen LogP contribution is -2.34. The Morgan fingerprint density at radius 1 is 0.733 bits per heavy atom. The number of carbonyl (C=O) groups is 4. The molecule has 0 fully saturated rings. The van der Waals surface area contributed by atoms with Crippen molar-refractivity contribution in [3.8, 4) is 0 Å². The van der Waals surface area contributed by atoms with Gasteiger partial charge in [0, 0.05) is 26.2 Å². The monoisotopic (exact) mass is 430 g/mol. The standard InChI is InChI=1S/C22H38O8/c1-5-12-20(25)28-16(3)18(14-10-8-7-9-11-15-19(23)24)22(27)30-17(4)29-21(26)13-6-2/h16-18H,5-15H2,1-4H3,(H,23,24). The summed E-state index contributed by atoms with van der Waals surface area (Å²) in [4.78, 5) is 46.6. The molecule has 0 saturated carbocycles. The summed E-state index contributed by atoms with van der Waals surface area (Å²) in [6, 6.07) is 0. The summed E-state index contributed by atoms with van der Waals surface area (Å²) in [7, 11) is 0. The predicted octanol–water partition coefficient (Wildman–Crippen LogP) is 4.38. The highest BCUT2D eigenvalue weighted by Crippen LogP contribution is 2.21. The van der Waals surface area contributed by atoms with Gasteiger partial charge in [-0.25, -0.2) is 0 Å². The Morgan fingerprint density at radius 3 is 1.83 bits per heavy atom. The molecule has 0 amide bonds. The van der Waals surface area contributed by atoms with E-state index in [0.29, 0.717) is 32.1 Å². The minimum absolute atomic E-state index is 0.161. The van der Waals surface area contributed by atoms with Gasteiger partial charge in [0.1, 0.15) is 6.10 Å². The van der Waals surface area contributed by atoms with Crippen molar-refractivity contribution in [3.63, 3.8) is 0 Å². The summed E-state index contributed by atoms with van der Waals surface area (Å²) >= 11 is 0. The number of hydrogen-bond donors (Lipinski definition) is 1. The molecule has 0 aliphatic rings. The number of hydrogen-bond acceptors (Lipinski definition) is 7. The van der Waals surface area contributed by atoms with Crippen LogP contribution in [0.2, 0.25) is 0 Å². The van der Waals surface area contributed by atoms with Crippen LogP contribution in [-0.4, -0.2) is 41.4 Å². The topological polar surface area (TPSA) is 116 Å². The molecule has 3 unspecified atom stereocenters. The average Bonchev–Trinajstić information content (AvgIpc) is 2.63. The van der Waals surface area contributed by atoms with Crippen LogP contribution in [0, 0.1) is 5.92 Å². The molecule has 174 valence electrons. The van der Waals surface area contributed by atoms with E-state index >= 15 is 0 Å². The molecule has 0 spiro atoms. The maximum absolute atomic E-state index is 12.6. The fourth-order valence-electron chi connectivity index (χ4n) is 2.99. The fourth-order valence-corrected chi connectivity index (χ4v) is 2.99. The number of carboxylic acid groups (broad SMARTS) is 1. The molecule has 30 heavy (non-hydrogen) atoms. The predicted molar refractivity (Wildman–Crippen MR) is 110 cm³/mol. The van der Waals surface area contributed by atoms with Gasteiger partial charge >= 0.3 is 23.9 Å². The van der Waals surface area contributed by atoms with E-state index in [1.807, 2.05) is 13.8 Å². The molecule has 0 aliphatic carbocycles. The van der Waals surface area contributed by atoms with Crippen LogP contribution >= 0.6 is 0 Å². The minimum Gasteiger partial charge on any atom is -0.481 e. The third kappa shape index (κ3) is 14.0. The smallest absolute Gasteiger partial charge is 0.315 e. The van der Waals surface area contributed by atoms with Gasteiger partial charge in [0.05, 0.1) is 5.92 Å². The molecular formula is C22H38O8. The Hall–Kier alpha value is -2.12. The number of rotatable bonds is 17. The van der Waals surface area contributed by atoms with Crippen molar-refractivity contribution in [3.05, 3.63) is 0 Å². The van der Waals surface area contributed by atoms with Crippen molar-refractivity contribution >= 4 is 23.9 Å². The molecule has 0 saturated heterocycles. The second-order valence-corrected chi connectivity index (χ2v) is 7.50. The van der Waals surface area contributed by atoms with Crippen molar-refractivity contribution in [2.24, 2.45) is 5.92 Å². The number of aliphatic carboxylic acids is 1. The van der Waals surface area contributed by atoms with E-state index < -0.39 is 36.2 Å². The van der Waals surface area contributed by atoms with Crippen molar-refractivity contribution in [2.45, 2.75) is 111 Å². The summed E-state index contributed by atoms with van der Waals surface area (Å²) in [6.45, 7) is 6.87. The van der Waals surface area contributed by atoms with E-state index in [2.05, 4.69) is 0 Å². The Bertz CT molecular complexity index is 531. The quantitative estimate of drug-likeness (QED) is 0.205. The summed E-state index contributed by atoms with van der Waals surface area (Å²) in [5, 5.41) is 8.65. The highest BCUT2D eigenvalue weighted by molar-refractivity contribution is 5.75. The number of esters is 3. The number of ether oxygens (including phenoxy) is 3. The molecule has 8 heteroatoms. The first-order valence-corrected chi connectivity index (χ1v) is 11.0. The van der Waals surface area contributed by atoms with E-state index in [9.17, 15) is 19.2 Å². The second-order valence-electron chi connectivity index (χ2n) is 7.50. The summed E-state index contributed by atoms with van der Waals surface area (Å²) in [5.41, 5.74) is 0. The summed E-state index contributed by atoms with van der Waals surface area (Å²) in [5.74, 6) is -2.81. The fraction of sp³-hybridized carbons (Fsp3) is 0.818. The maximum atomic E-state index is 12.6. The van der Waals surface area contributed by atoms with Crippen molar-refractivity contribution in [1.29, 1.82) is 0 Å². The molecule has 0 rings (SSSR count). The SMILES string of the molecule is CCCC(=O)OC(C)OC(=O)C(CCCCCCCC(=O)O)C(C)OC(=O)CCC. The summed E-state index contributed by atoms with van der Waals surface area (Å²) < 4.78 is 15.7. The minimum atomic E-state index is -1.01. The average molecular weight is 431 g/mol. The Balaban J connectivity index is 4.68. The van der Waals surface area contributed by atoms with Crippen LogP contribution in [0.25, 0.3) is 0 Å². The molecule has 0 aromatic heterocycles. The van der Waals surface area contributed by atoms with Crippen LogP contribution in [0.5, 0.6) is 0 Å². The molecule has 1 N–H and O–H groups in total. The van der Waals surface area contributed by atoms with Gasteiger partial charge in [-0.1, -0.05) is 39.5 Å². The Morgan fingerprint density at radius 2 is 1.27 bits per heavy atom. The van der Waals surface area contributed by atoms with Crippen LogP contribution < -0.4 is 0 Å². The molecular weight excluding hydrogens is 392 g/mol. The van der Waals surface area contributed by atoms with E-state index in [-0.39, 0.29) is 25.2 Å².